The van der Waals surface area contributed by atoms with Gasteiger partial charge in [-0.15, -0.1) is 5.10 Å². The van der Waals surface area contributed by atoms with Gasteiger partial charge in [-0.05, 0) is 17.0 Å². The number of fused-ring (bicyclic) bond motifs is 1. The molecule has 0 spiro atoms. The van der Waals surface area contributed by atoms with Gasteiger partial charge >= 0.3 is 0 Å². The molecule has 0 aliphatic heterocycles. The van der Waals surface area contributed by atoms with Crippen molar-refractivity contribution in [2.24, 2.45) is 0 Å². The standard InChI is InChI=1S/C15H17N5O2S/c1-15(2,3)10-5-6-12(16-7-10)13-17-8-11-9-18-14(19-20(11)13)23(4,21)22/h5-9H,1-4H3. The van der Waals surface area contributed by atoms with Crippen LogP contribution in [0.4, 0.5) is 0 Å². The molecule has 3 rings (SSSR count). The Bertz CT molecular complexity index is 969. The number of nitrogens with zero attached hydrogens (tertiary/aromatic N) is 5. The van der Waals surface area contributed by atoms with Crippen LogP contribution in [0, 0.1) is 0 Å². The first-order valence-corrected chi connectivity index (χ1v) is 8.93. The summed E-state index contributed by atoms with van der Waals surface area (Å²) in [5.41, 5.74) is 2.34. The number of hydrogen-bond donors (Lipinski definition) is 0. The van der Waals surface area contributed by atoms with E-state index in [1.54, 1.807) is 12.4 Å². The Morgan fingerprint density at radius 2 is 1.70 bits per heavy atom. The maximum absolute atomic E-state index is 11.6. The van der Waals surface area contributed by atoms with E-state index in [1.165, 1.54) is 10.7 Å². The molecule has 0 aliphatic rings. The summed E-state index contributed by atoms with van der Waals surface area (Å²) in [6, 6.07) is 3.85. The molecule has 8 heteroatoms. The number of hydrogen-bond acceptors (Lipinski definition) is 6. The molecule has 0 aliphatic carbocycles. The van der Waals surface area contributed by atoms with Gasteiger partial charge in [0.25, 0.3) is 5.16 Å². The number of imidazole rings is 1. The summed E-state index contributed by atoms with van der Waals surface area (Å²) >= 11 is 0. The highest BCUT2D eigenvalue weighted by Gasteiger charge is 2.17. The molecule has 7 nitrogen and oxygen atoms in total. The molecule has 23 heavy (non-hydrogen) atoms. The van der Waals surface area contributed by atoms with Crippen LogP contribution >= 0.6 is 0 Å². The van der Waals surface area contributed by atoms with E-state index in [4.69, 9.17) is 0 Å². The van der Waals surface area contributed by atoms with E-state index < -0.39 is 9.84 Å². The molecular formula is C15H17N5O2S. The monoisotopic (exact) mass is 331 g/mol. The highest BCUT2D eigenvalue weighted by Crippen LogP contribution is 2.24. The topological polar surface area (TPSA) is 90.1 Å². The predicted molar refractivity (Wildman–Crippen MR) is 85.8 cm³/mol. The molecule has 0 saturated heterocycles. The number of aromatic nitrogens is 5. The Hall–Kier alpha value is -2.35. The third-order valence-electron chi connectivity index (χ3n) is 3.45. The van der Waals surface area contributed by atoms with Crippen LogP contribution in [-0.2, 0) is 15.3 Å². The van der Waals surface area contributed by atoms with Crippen molar-refractivity contribution < 1.29 is 8.42 Å². The molecule has 3 aromatic rings. The minimum absolute atomic E-state index is 0.00577. The molecule has 0 aromatic carbocycles. The smallest absolute Gasteiger partial charge is 0.253 e. The van der Waals surface area contributed by atoms with Crippen LogP contribution in [0.15, 0.2) is 35.9 Å². The molecule has 0 fully saturated rings. The molecule has 0 atom stereocenters. The molecule has 0 N–H and O–H groups in total. The van der Waals surface area contributed by atoms with E-state index in [2.05, 4.69) is 40.8 Å². The van der Waals surface area contributed by atoms with Gasteiger partial charge in [0.15, 0.2) is 5.82 Å². The number of sulfone groups is 1. The largest absolute Gasteiger partial charge is 0.265 e. The summed E-state index contributed by atoms with van der Waals surface area (Å²) in [4.78, 5) is 12.6. The Balaban J connectivity index is 2.13. The van der Waals surface area contributed by atoms with Crippen molar-refractivity contribution >= 4 is 15.4 Å². The summed E-state index contributed by atoms with van der Waals surface area (Å²) in [5, 5.41) is 3.83. The third kappa shape index (κ3) is 2.94. The van der Waals surface area contributed by atoms with Crippen LogP contribution < -0.4 is 0 Å². The Morgan fingerprint density at radius 1 is 1.00 bits per heavy atom. The zero-order valence-corrected chi connectivity index (χ0v) is 14.2. The molecule has 120 valence electrons. The van der Waals surface area contributed by atoms with Crippen LogP contribution in [0.1, 0.15) is 26.3 Å². The highest BCUT2D eigenvalue weighted by atomic mass is 32.2. The van der Waals surface area contributed by atoms with Crippen LogP contribution in [0.3, 0.4) is 0 Å². The van der Waals surface area contributed by atoms with Crippen molar-refractivity contribution in [3.63, 3.8) is 0 Å². The van der Waals surface area contributed by atoms with Crippen molar-refractivity contribution in [1.29, 1.82) is 0 Å². The average molecular weight is 331 g/mol. The van der Waals surface area contributed by atoms with Gasteiger partial charge in [-0.1, -0.05) is 26.8 Å². The lowest BCUT2D eigenvalue weighted by molar-refractivity contribution is 0.586. The minimum atomic E-state index is -3.49. The van der Waals surface area contributed by atoms with E-state index in [-0.39, 0.29) is 10.6 Å². The summed E-state index contributed by atoms with van der Waals surface area (Å²) in [6.45, 7) is 6.33. The highest BCUT2D eigenvalue weighted by molar-refractivity contribution is 7.90. The van der Waals surface area contributed by atoms with Gasteiger partial charge in [-0.3, -0.25) is 4.98 Å². The Kier molecular flexibility index (Phi) is 3.44. The fourth-order valence-electron chi connectivity index (χ4n) is 2.10. The van der Waals surface area contributed by atoms with Gasteiger partial charge in [0.1, 0.15) is 11.2 Å². The minimum Gasteiger partial charge on any atom is -0.253 e. The second kappa shape index (κ2) is 5.09. The SMILES string of the molecule is CC(C)(C)c1ccc(-c2ncc3cnc(S(C)(=O)=O)nn23)nc1. The molecule has 3 aromatic heterocycles. The summed E-state index contributed by atoms with van der Waals surface area (Å²) in [7, 11) is -3.49. The molecule has 0 unspecified atom stereocenters. The first-order valence-electron chi connectivity index (χ1n) is 7.04. The van der Waals surface area contributed by atoms with E-state index in [0.717, 1.165) is 11.8 Å². The van der Waals surface area contributed by atoms with Crippen LogP contribution in [0.2, 0.25) is 0 Å². The lowest BCUT2D eigenvalue weighted by Crippen LogP contribution is -2.11. The van der Waals surface area contributed by atoms with Crippen LogP contribution in [0.25, 0.3) is 17.0 Å². The fourth-order valence-corrected chi connectivity index (χ4v) is 2.57. The first kappa shape index (κ1) is 15.5. The molecular weight excluding hydrogens is 314 g/mol. The Labute approximate surface area is 134 Å². The summed E-state index contributed by atoms with van der Waals surface area (Å²) < 4.78 is 24.7. The molecule has 0 saturated carbocycles. The van der Waals surface area contributed by atoms with Gasteiger partial charge in [0.05, 0.1) is 12.4 Å². The second-order valence-corrected chi connectivity index (χ2v) is 8.32. The molecule has 0 amide bonds. The molecule has 3 heterocycles. The zero-order valence-electron chi connectivity index (χ0n) is 13.3. The van der Waals surface area contributed by atoms with Gasteiger partial charge in [0.2, 0.25) is 9.84 Å². The second-order valence-electron chi connectivity index (χ2n) is 6.41. The van der Waals surface area contributed by atoms with Gasteiger partial charge in [0, 0.05) is 12.5 Å². The number of rotatable bonds is 2. The van der Waals surface area contributed by atoms with E-state index in [9.17, 15) is 8.42 Å². The van der Waals surface area contributed by atoms with E-state index >= 15 is 0 Å². The molecule has 0 bridgehead atoms. The predicted octanol–water partition coefficient (Wildman–Crippen LogP) is 1.89. The average Bonchev–Trinajstić information content (AvgIpc) is 2.88. The first-order chi connectivity index (χ1) is 10.7. The fraction of sp³-hybridized carbons (Fsp3) is 0.333. The summed E-state index contributed by atoms with van der Waals surface area (Å²) in [5.74, 6) is 0.479. The van der Waals surface area contributed by atoms with Crippen molar-refractivity contribution in [1.82, 2.24) is 24.6 Å². The number of pyridine rings is 1. The molecule has 0 radical (unpaired) electrons. The van der Waals surface area contributed by atoms with Gasteiger partial charge in [-0.2, -0.15) is 0 Å². The van der Waals surface area contributed by atoms with Crippen molar-refractivity contribution in [3.05, 3.63) is 36.3 Å². The van der Waals surface area contributed by atoms with E-state index in [0.29, 0.717) is 17.0 Å². The van der Waals surface area contributed by atoms with Gasteiger partial charge in [-0.25, -0.2) is 22.9 Å². The van der Waals surface area contributed by atoms with Crippen molar-refractivity contribution in [2.75, 3.05) is 6.26 Å². The Morgan fingerprint density at radius 3 is 2.26 bits per heavy atom. The maximum atomic E-state index is 11.6. The van der Waals surface area contributed by atoms with Crippen molar-refractivity contribution in [2.45, 2.75) is 31.3 Å². The maximum Gasteiger partial charge on any atom is 0.265 e. The van der Waals surface area contributed by atoms with Crippen molar-refractivity contribution in [3.8, 4) is 11.5 Å². The van der Waals surface area contributed by atoms with Crippen LogP contribution in [-0.4, -0.2) is 39.2 Å². The van der Waals surface area contributed by atoms with E-state index in [1.807, 2.05) is 12.1 Å². The normalized spacial score (nSPS) is 12.7. The zero-order chi connectivity index (χ0) is 16.8. The quantitative estimate of drug-likeness (QED) is 0.712. The van der Waals surface area contributed by atoms with Gasteiger partial charge < -0.3 is 0 Å². The lowest BCUT2D eigenvalue weighted by Gasteiger charge is -2.18. The third-order valence-corrected chi connectivity index (χ3v) is 4.30. The summed E-state index contributed by atoms with van der Waals surface area (Å²) in [6.07, 6.45) is 5.89. The lowest BCUT2D eigenvalue weighted by atomic mass is 9.88. The van der Waals surface area contributed by atoms with Crippen LogP contribution in [0.5, 0.6) is 0 Å².